The Balaban J connectivity index is 3.24. The molecule has 0 unspecified atom stereocenters. The summed E-state index contributed by atoms with van der Waals surface area (Å²) in [4.78, 5) is 10.7. The van der Waals surface area contributed by atoms with Crippen molar-refractivity contribution in [1.82, 2.24) is 4.31 Å². The fourth-order valence-electron chi connectivity index (χ4n) is 2.06. The van der Waals surface area contributed by atoms with E-state index < -0.39 is 32.2 Å². The van der Waals surface area contributed by atoms with Crippen LogP contribution in [-0.4, -0.2) is 31.7 Å². The lowest BCUT2D eigenvalue weighted by molar-refractivity contribution is 0.0996. The van der Waals surface area contributed by atoms with E-state index in [-0.39, 0.29) is 0 Å². The van der Waals surface area contributed by atoms with Gasteiger partial charge in [-0.3, -0.25) is 4.79 Å². The second kappa shape index (κ2) is 8.24. The van der Waals surface area contributed by atoms with Gasteiger partial charge in [-0.15, -0.1) is 0 Å². The molecule has 0 saturated carbocycles. The highest BCUT2D eigenvalue weighted by Gasteiger charge is 2.28. The molecule has 1 rings (SSSR count). The van der Waals surface area contributed by atoms with Crippen LogP contribution in [0.5, 0.6) is 0 Å². The van der Waals surface area contributed by atoms with E-state index in [1.807, 2.05) is 13.8 Å². The number of unbranched alkanes of at least 4 members (excludes halogenated alkanes) is 2. The van der Waals surface area contributed by atoms with Gasteiger partial charge in [-0.2, -0.15) is 4.31 Å². The molecule has 2 N–H and O–H groups in total. The molecule has 0 aliphatic rings. The van der Waals surface area contributed by atoms with Crippen molar-refractivity contribution in [3.8, 4) is 0 Å². The van der Waals surface area contributed by atoms with Gasteiger partial charge in [-0.1, -0.05) is 32.8 Å². The summed E-state index contributed by atoms with van der Waals surface area (Å²) < 4.78 is 40.9. The summed E-state index contributed by atoms with van der Waals surface area (Å²) in [6.45, 7) is 4.58. The predicted octanol–water partition coefficient (Wildman–Crippen LogP) is 2.52. The lowest BCUT2D eigenvalue weighted by Crippen LogP contribution is -2.34. The number of hydrogen-bond donors (Lipinski definition) is 1. The van der Waals surface area contributed by atoms with E-state index in [9.17, 15) is 17.6 Å². The smallest absolute Gasteiger partial charge is 0.251 e. The van der Waals surface area contributed by atoms with E-state index in [2.05, 4.69) is 0 Å². The molecule has 0 heterocycles. The van der Waals surface area contributed by atoms with Crippen LogP contribution in [0.1, 0.15) is 49.9 Å². The van der Waals surface area contributed by atoms with E-state index in [1.54, 1.807) is 0 Å². The first-order valence-corrected chi connectivity index (χ1v) is 8.88. The lowest BCUT2D eigenvalue weighted by Gasteiger charge is -2.22. The van der Waals surface area contributed by atoms with Crippen molar-refractivity contribution in [2.24, 2.45) is 5.73 Å². The molecule has 0 aliphatic heterocycles. The van der Waals surface area contributed by atoms with Gasteiger partial charge in [0.2, 0.25) is 10.0 Å². The molecule has 22 heavy (non-hydrogen) atoms. The van der Waals surface area contributed by atoms with Crippen molar-refractivity contribution >= 4 is 15.9 Å². The minimum Gasteiger partial charge on any atom is -0.366 e. The van der Waals surface area contributed by atoms with E-state index in [0.29, 0.717) is 25.9 Å². The Morgan fingerprint density at radius 1 is 1.18 bits per heavy atom. The fraction of sp³-hybridized carbons (Fsp3) is 0.533. The zero-order valence-corrected chi connectivity index (χ0v) is 13.8. The number of sulfonamides is 1. The average molecular weight is 330 g/mol. The SMILES string of the molecule is CCCCN(CCCC)S(=O)(=O)c1cccc(C(N)=O)c1F. The van der Waals surface area contributed by atoms with Crippen LogP contribution < -0.4 is 5.73 Å². The van der Waals surface area contributed by atoms with Gasteiger partial charge in [-0.05, 0) is 25.0 Å². The highest BCUT2D eigenvalue weighted by atomic mass is 32.2. The quantitative estimate of drug-likeness (QED) is 0.755. The van der Waals surface area contributed by atoms with Crippen molar-refractivity contribution in [3.63, 3.8) is 0 Å². The molecule has 7 heteroatoms. The molecule has 0 aliphatic carbocycles. The third kappa shape index (κ3) is 4.27. The number of carbonyl (C=O) groups is 1. The maximum absolute atomic E-state index is 14.3. The number of benzene rings is 1. The Morgan fingerprint density at radius 2 is 1.73 bits per heavy atom. The van der Waals surface area contributed by atoms with Crippen LogP contribution in [0.15, 0.2) is 23.1 Å². The summed E-state index contributed by atoms with van der Waals surface area (Å²) in [7, 11) is -3.98. The molecular weight excluding hydrogens is 307 g/mol. The van der Waals surface area contributed by atoms with Gasteiger partial charge < -0.3 is 5.73 Å². The van der Waals surface area contributed by atoms with E-state index in [0.717, 1.165) is 12.8 Å². The highest BCUT2D eigenvalue weighted by molar-refractivity contribution is 7.89. The third-order valence-corrected chi connectivity index (χ3v) is 5.28. The van der Waals surface area contributed by atoms with Gasteiger partial charge in [0.15, 0.2) is 5.82 Å². The average Bonchev–Trinajstić information content (AvgIpc) is 2.46. The number of nitrogens with two attached hydrogens (primary N) is 1. The summed E-state index contributed by atoms with van der Waals surface area (Å²) in [5.41, 5.74) is 4.67. The molecule has 0 aromatic heterocycles. The molecule has 1 aromatic carbocycles. The Kier molecular flexibility index (Phi) is 6.96. The number of carbonyl (C=O) groups excluding carboxylic acids is 1. The Bertz CT molecular complexity index is 609. The molecule has 0 radical (unpaired) electrons. The van der Waals surface area contributed by atoms with Crippen LogP contribution in [0.25, 0.3) is 0 Å². The van der Waals surface area contributed by atoms with Crippen molar-refractivity contribution < 1.29 is 17.6 Å². The van der Waals surface area contributed by atoms with Crippen LogP contribution in [0, 0.1) is 5.82 Å². The summed E-state index contributed by atoms with van der Waals surface area (Å²) >= 11 is 0. The van der Waals surface area contributed by atoms with Crippen LogP contribution >= 0.6 is 0 Å². The fourth-order valence-corrected chi connectivity index (χ4v) is 3.66. The maximum atomic E-state index is 14.3. The number of primary amides is 1. The van der Waals surface area contributed by atoms with Gasteiger partial charge in [0.25, 0.3) is 5.91 Å². The van der Waals surface area contributed by atoms with Crippen molar-refractivity contribution in [2.45, 2.75) is 44.4 Å². The molecule has 0 fully saturated rings. The van der Waals surface area contributed by atoms with E-state index in [4.69, 9.17) is 5.73 Å². The number of rotatable bonds is 9. The first-order valence-electron chi connectivity index (χ1n) is 7.44. The molecule has 1 aromatic rings. The highest BCUT2D eigenvalue weighted by Crippen LogP contribution is 2.22. The predicted molar refractivity (Wildman–Crippen MR) is 83.5 cm³/mol. The zero-order valence-electron chi connectivity index (χ0n) is 13.0. The molecule has 0 saturated heterocycles. The van der Waals surface area contributed by atoms with Gasteiger partial charge in [-0.25, -0.2) is 12.8 Å². The zero-order chi connectivity index (χ0) is 16.8. The normalized spacial score (nSPS) is 11.8. The second-order valence-corrected chi connectivity index (χ2v) is 7.00. The molecule has 5 nitrogen and oxygen atoms in total. The summed E-state index contributed by atoms with van der Waals surface area (Å²) in [5, 5.41) is 0. The summed E-state index contributed by atoms with van der Waals surface area (Å²) in [5.74, 6) is -2.06. The number of hydrogen-bond acceptors (Lipinski definition) is 3. The van der Waals surface area contributed by atoms with Crippen LogP contribution in [0.3, 0.4) is 0 Å². The van der Waals surface area contributed by atoms with E-state index in [1.165, 1.54) is 22.5 Å². The number of amides is 1. The van der Waals surface area contributed by atoms with Gasteiger partial charge >= 0.3 is 0 Å². The standard InChI is InChI=1S/C15H23FN2O3S/c1-3-5-10-18(11-6-4-2)22(20,21)13-9-7-8-12(14(13)16)15(17)19/h7-9H,3-6,10-11H2,1-2H3,(H2,17,19). The van der Waals surface area contributed by atoms with Crippen LogP contribution in [-0.2, 0) is 10.0 Å². The van der Waals surface area contributed by atoms with E-state index >= 15 is 0 Å². The van der Waals surface area contributed by atoms with Crippen LogP contribution in [0.2, 0.25) is 0 Å². The minimum absolute atomic E-state index is 0.332. The second-order valence-electron chi connectivity index (χ2n) is 5.09. The molecule has 0 atom stereocenters. The van der Waals surface area contributed by atoms with Crippen molar-refractivity contribution in [2.75, 3.05) is 13.1 Å². The first-order chi connectivity index (χ1) is 10.4. The minimum atomic E-state index is -3.98. The third-order valence-electron chi connectivity index (χ3n) is 3.37. The molecular formula is C15H23FN2O3S. The van der Waals surface area contributed by atoms with Crippen molar-refractivity contribution in [3.05, 3.63) is 29.6 Å². The number of nitrogens with zero attached hydrogens (tertiary/aromatic N) is 1. The monoisotopic (exact) mass is 330 g/mol. The molecule has 1 amide bonds. The maximum Gasteiger partial charge on any atom is 0.251 e. The topological polar surface area (TPSA) is 80.5 Å². The lowest BCUT2D eigenvalue weighted by atomic mass is 10.2. The molecule has 0 spiro atoms. The van der Waals surface area contributed by atoms with Gasteiger partial charge in [0, 0.05) is 13.1 Å². The number of halogens is 1. The Hall–Kier alpha value is -1.47. The molecule has 0 bridgehead atoms. The summed E-state index contributed by atoms with van der Waals surface area (Å²) in [6.07, 6.45) is 3.06. The largest absolute Gasteiger partial charge is 0.366 e. The van der Waals surface area contributed by atoms with Crippen LogP contribution in [0.4, 0.5) is 4.39 Å². The van der Waals surface area contributed by atoms with Crippen molar-refractivity contribution in [1.29, 1.82) is 0 Å². The van der Waals surface area contributed by atoms with Gasteiger partial charge in [0.05, 0.1) is 5.56 Å². The van der Waals surface area contributed by atoms with Gasteiger partial charge in [0.1, 0.15) is 4.90 Å². The summed E-state index contributed by atoms with van der Waals surface area (Å²) in [6, 6.07) is 3.68. The first kappa shape index (κ1) is 18.6. The Labute approximate surface area is 131 Å². The Morgan fingerprint density at radius 3 is 2.18 bits per heavy atom. The molecule has 124 valence electrons.